The SMILES string of the molecule is [2H]C([2H])([2H])C([2H])([2H])P(=O)(O)[O][Al]([O]P(=O)(O)C([2H])([2H])C([2H])([2H])[2H])[O]P(=O)(O)C([2H])([2H])C([2H])([2H])[2H]. The Labute approximate surface area is 138 Å². The van der Waals surface area contributed by atoms with Crippen LogP contribution in [0.3, 0.4) is 0 Å². The molecule has 0 rings (SSSR count). The first-order chi connectivity index (χ1) is 14.3. The first-order valence-corrected chi connectivity index (χ1v) is 9.97. The maximum absolute atomic E-state index is 12.3. The molecule has 0 aliphatic carbocycles. The van der Waals surface area contributed by atoms with Crippen molar-refractivity contribution in [2.75, 3.05) is 18.3 Å². The van der Waals surface area contributed by atoms with Gasteiger partial charge in [0, 0.05) is 38.9 Å². The highest BCUT2D eigenvalue weighted by Crippen LogP contribution is 2.51. The number of hydrogen-bond acceptors (Lipinski definition) is 6. The van der Waals surface area contributed by atoms with Crippen LogP contribution in [0, 0.1) is 0 Å². The summed E-state index contributed by atoms with van der Waals surface area (Å²) in [7, 11) is -19.0. The number of hydrogen-bond donors (Lipinski definition) is 3. The highest BCUT2D eigenvalue weighted by atomic mass is 31.2. The molecule has 0 heterocycles. The molecule has 0 fully saturated rings. The van der Waals surface area contributed by atoms with Crippen LogP contribution in [0.2, 0.25) is 0 Å². The van der Waals surface area contributed by atoms with E-state index in [4.69, 9.17) is 20.6 Å². The van der Waals surface area contributed by atoms with Crippen molar-refractivity contribution < 1.29 is 59.7 Å². The molecule has 0 aromatic rings. The average molecular weight is 369 g/mol. The Hall–Kier alpha value is 0.982. The molecule has 0 aliphatic heterocycles. The van der Waals surface area contributed by atoms with Gasteiger partial charge in [0.1, 0.15) is 0 Å². The van der Waals surface area contributed by atoms with Crippen molar-refractivity contribution in [3.05, 3.63) is 0 Å². The molecule has 0 aromatic heterocycles. The molecule has 0 radical (unpaired) electrons. The van der Waals surface area contributed by atoms with Gasteiger partial charge in [-0.15, -0.1) is 0 Å². The molecule has 0 aliphatic rings. The maximum atomic E-state index is 12.3. The van der Waals surface area contributed by atoms with Crippen molar-refractivity contribution in [3.63, 3.8) is 0 Å². The summed E-state index contributed by atoms with van der Waals surface area (Å²) in [6, 6.07) is 0. The van der Waals surface area contributed by atoms with Crippen LogP contribution in [-0.2, 0) is 24.4 Å². The lowest BCUT2D eigenvalue weighted by Gasteiger charge is -2.20. The zero-order valence-corrected chi connectivity index (χ0v) is 12.5. The van der Waals surface area contributed by atoms with Crippen LogP contribution in [0.1, 0.15) is 41.1 Å². The Morgan fingerprint density at radius 3 is 1.37 bits per heavy atom. The third-order valence-corrected chi connectivity index (χ3v) is 7.45. The second-order valence-corrected chi connectivity index (χ2v) is 9.40. The minimum absolute atomic E-state index is 3.97. The molecule has 114 valence electrons. The molecule has 0 aromatic carbocycles. The molecule has 0 bridgehead atoms. The topological polar surface area (TPSA) is 140 Å². The summed E-state index contributed by atoms with van der Waals surface area (Å²) < 4.78 is 155. The molecule has 9 nitrogen and oxygen atoms in total. The highest BCUT2D eigenvalue weighted by molar-refractivity contribution is 7.57. The third kappa shape index (κ3) is 8.77. The Kier molecular flexibility index (Phi) is 2.57. The standard InChI is InChI=1S/3C2H7O3P.Al/c3*1-2-6(3,4)5;/h3*2H2,1H3,(H2,3,4,5);/q;;;+3/p-3/i3*1D3,2D2;. The van der Waals surface area contributed by atoms with Crippen LogP contribution in [0.15, 0.2) is 0 Å². The van der Waals surface area contributed by atoms with Crippen molar-refractivity contribution in [1.82, 2.24) is 0 Å². The molecule has 0 amide bonds. The quantitative estimate of drug-likeness (QED) is 0.409. The van der Waals surface area contributed by atoms with Crippen molar-refractivity contribution in [3.8, 4) is 0 Å². The average Bonchev–Trinajstić information content (AvgIpc) is 2.49. The zero-order valence-electron chi connectivity index (χ0n) is 23.7. The predicted octanol–water partition coefficient (Wildman–Crippen LogP) is 1.64. The van der Waals surface area contributed by atoms with Crippen LogP contribution in [0.4, 0.5) is 0 Å². The minimum Gasteiger partial charge on any atom is -0.385 e. The van der Waals surface area contributed by atoms with Crippen molar-refractivity contribution >= 4 is 37.9 Å². The molecule has 19 heavy (non-hydrogen) atoms. The molecule has 3 atom stereocenters. The third-order valence-electron chi connectivity index (χ3n) is 1.11. The van der Waals surface area contributed by atoms with E-state index in [0.29, 0.717) is 0 Å². The van der Waals surface area contributed by atoms with E-state index in [1.807, 2.05) is 0 Å². The summed E-state index contributed by atoms with van der Waals surface area (Å²) >= 11 is -5.63. The lowest BCUT2D eigenvalue weighted by atomic mass is 11.0. The Morgan fingerprint density at radius 1 is 0.895 bits per heavy atom. The van der Waals surface area contributed by atoms with Crippen LogP contribution in [0.5, 0.6) is 0 Å². The molecule has 0 saturated carbocycles. The van der Waals surface area contributed by atoms with Gasteiger partial charge < -0.3 is 25.4 Å². The molecule has 13 heteroatoms. The van der Waals surface area contributed by atoms with Gasteiger partial charge in [-0.1, -0.05) is 20.6 Å². The van der Waals surface area contributed by atoms with Gasteiger partial charge in [0.05, 0.1) is 0 Å². The normalized spacial score (nSPS) is 37.1. The molecular weight excluding hydrogens is 336 g/mol. The molecule has 3 unspecified atom stereocenters. The van der Waals surface area contributed by atoms with Crippen LogP contribution in [0.25, 0.3) is 0 Å². The summed E-state index contributed by atoms with van der Waals surface area (Å²) in [6.07, 6.45) is -12.7. The van der Waals surface area contributed by atoms with Gasteiger partial charge in [-0.25, -0.2) is 0 Å². The van der Waals surface area contributed by atoms with Crippen LogP contribution in [-0.4, -0.2) is 48.2 Å². The Balaban J connectivity index is 6.66. The predicted molar refractivity (Wildman–Crippen MR) is 70.1 cm³/mol. The fraction of sp³-hybridized carbons (Fsp3) is 1.00. The van der Waals surface area contributed by atoms with E-state index in [2.05, 4.69) is 10.7 Å². The van der Waals surface area contributed by atoms with Crippen molar-refractivity contribution in [2.45, 2.75) is 20.6 Å². The summed E-state index contributed by atoms with van der Waals surface area (Å²) in [4.78, 5) is 29.4. The Morgan fingerprint density at radius 2 is 1.16 bits per heavy atom. The second-order valence-electron chi connectivity index (χ2n) is 2.50. The van der Waals surface area contributed by atoms with Gasteiger partial charge in [0.25, 0.3) is 0 Å². The molecule has 0 spiro atoms. The second kappa shape index (κ2) is 7.84. The fourth-order valence-corrected chi connectivity index (χ4v) is 5.42. The lowest BCUT2D eigenvalue weighted by molar-refractivity contribution is 0.247. The van der Waals surface area contributed by atoms with Gasteiger partial charge in [-0.2, -0.15) is 0 Å². The maximum Gasteiger partial charge on any atom is 0.926 e. The highest BCUT2D eigenvalue weighted by Gasteiger charge is 2.47. The summed E-state index contributed by atoms with van der Waals surface area (Å²) in [5.41, 5.74) is 0. The van der Waals surface area contributed by atoms with Gasteiger partial charge in [-0.3, -0.25) is 13.7 Å². The van der Waals surface area contributed by atoms with Crippen LogP contribution >= 0.6 is 22.8 Å². The summed E-state index contributed by atoms with van der Waals surface area (Å²) in [5.74, 6) is 0. The van der Waals surface area contributed by atoms with Gasteiger partial charge in [-0.05, 0) is 0 Å². The first kappa shape index (κ1) is 6.24. The van der Waals surface area contributed by atoms with Crippen LogP contribution < -0.4 is 0 Å². The fourth-order valence-electron chi connectivity index (χ4n) is 0.487. The van der Waals surface area contributed by atoms with E-state index in [-0.39, 0.29) is 0 Å². The van der Waals surface area contributed by atoms with E-state index < -0.39 is 76.8 Å². The zero-order chi connectivity index (χ0) is 28.2. The Bertz CT molecular complexity index is 781. The minimum atomic E-state index is -6.34. The van der Waals surface area contributed by atoms with E-state index in [1.165, 1.54) is 0 Å². The molecule has 0 saturated heterocycles. The van der Waals surface area contributed by atoms with E-state index in [0.717, 1.165) is 0 Å². The van der Waals surface area contributed by atoms with Gasteiger partial charge >= 0.3 is 37.9 Å². The molecule has 3 N–H and O–H groups in total. The summed E-state index contributed by atoms with van der Waals surface area (Å²) in [6.45, 7) is -11.9. The number of rotatable bonds is 9. The van der Waals surface area contributed by atoms with E-state index in [1.54, 1.807) is 0 Å². The van der Waals surface area contributed by atoms with Gasteiger partial charge in [0.15, 0.2) is 0 Å². The van der Waals surface area contributed by atoms with Gasteiger partial charge in [0.2, 0.25) is 0 Å². The largest absolute Gasteiger partial charge is 0.926 e. The first-order valence-electron chi connectivity index (χ1n) is 11.3. The lowest BCUT2D eigenvalue weighted by Crippen LogP contribution is -2.25. The van der Waals surface area contributed by atoms with Crippen molar-refractivity contribution in [2.24, 2.45) is 0 Å². The molecular formula is C6H18AlO9P3. The summed E-state index contributed by atoms with van der Waals surface area (Å²) in [5, 5.41) is 0. The monoisotopic (exact) mass is 369 g/mol. The smallest absolute Gasteiger partial charge is 0.385 e. The van der Waals surface area contributed by atoms with E-state index in [9.17, 15) is 28.4 Å². The van der Waals surface area contributed by atoms with E-state index >= 15 is 0 Å². The van der Waals surface area contributed by atoms with Crippen molar-refractivity contribution in [1.29, 1.82) is 0 Å².